The molecule has 8 heteroatoms. The molecule has 1 aliphatic carbocycles. The number of nitrogens with two attached hydrogens (primary N) is 1. The van der Waals surface area contributed by atoms with Gasteiger partial charge in [-0.05, 0) is 31.9 Å². The topological polar surface area (TPSA) is 81.3 Å². The average Bonchev–Trinajstić information content (AvgIpc) is 3.15. The van der Waals surface area contributed by atoms with Crippen LogP contribution < -0.4 is 5.73 Å². The zero-order chi connectivity index (χ0) is 13.0. The second-order valence-electron chi connectivity index (χ2n) is 4.39. The van der Waals surface area contributed by atoms with Crippen LogP contribution in [0.5, 0.6) is 0 Å². The van der Waals surface area contributed by atoms with Crippen molar-refractivity contribution in [2.24, 2.45) is 0 Å². The van der Waals surface area contributed by atoms with Crippen LogP contribution in [-0.2, 0) is 16.1 Å². The van der Waals surface area contributed by atoms with Gasteiger partial charge in [0.25, 0.3) is 0 Å². The summed E-state index contributed by atoms with van der Waals surface area (Å²) in [5.41, 5.74) is 6.31. The highest BCUT2D eigenvalue weighted by Crippen LogP contribution is 2.27. The Morgan fingerprint density at radius 2 is 2.10 bits per heavy atom. The molecule has 1 heterocycles. The van der Waals surface area contributed by atoms with Crippen molar-refractivity contribution in [1.82, 2.24) is 15.1 Å². The molecule has 1 aromatic heterocycles. The van der Waals surface area contributed by atoms with Crippen molar-refractivity contribution in [3.8, 4) is 0 Å². The van der Waals surface area contributed by atoms with Gasteiger partial charge in [-0.2, -0.15) is 5.10 Å². The molecule has 0 amide bonds. The Hall–Kier alpha value is -1.11. The molecular weight excluding hydrogens is 303 g/mol. The number of ether oxygens (including phenoxy) is 1. The second-order valence-corrected chi connectivity index (χ2v) is 4.39. The molecule has 0 aliphatic heterocycles. The van der Waals surface area contributed by atoms with Crippen LogP contribution in [-0.4, -0.2) is 40.3 Å². The molecule has 0 radical (unpaired) electrons. The zero-order valence-corrected chi connectivity index (χ0v) is 13.0. The maximum absolute atomic E-state index is 11.5. The van der Waals surface area contributed by atoms with Gasteiger partial charge in [0, 0.05) is 12.6 Å². The van der Waals surface area contributed by atoms with E-state index in [1.165, 1.54) is 0 Å². The van der Waals surface area contributed by atoms with Gasteiger partial charge in [0.15, 0.2) is 0 Å². The van der Waals surface area contributed by atoms with Crippen molar-refractivity contribution >= 4 is 36.6 Å². The van der Waals surface area contributed by atoms with Gasteiger partial charge < -0.3 is 10.5 Å². The van der Waals surface area contributed by atoms with E-state index in [4.69, 9.17) is 10.5 Å². The van der Waals surface area contributed by atoms with Crippen molar-refractivity contribution in [3.63, 3.8) is 0 Å². The van der Waals surface area contributed by atoms with Crippen LogP contribution in [0.1, 0.15) is 25.5 Å². The summed E-state index contributed by atoms with van der Waals surface area (Å²) in [6, 6.07) is 4.02. The van der Waals surface area contributed by atoms with E-state index in [1.54, 1.807) is 6.07 Å². The van der Waals surface area contributed by atoms with Gasteiger partial charge in [0.1, 0.15) is 5.82 Å². The Morgan fingerprint density at radius 3 is 2.60 bits per heavy atom. The maximum Gasteiger partial charge on any atom is 0.320 e. The third-order valence-electron chi connectivity index (χ3n) is 2.81. The summed E-state index contributed by atoms with van der Waals surface area (Å²) in [5.74, 6) is 0.218. The molecule has 0 spiro atoms. The van der Waals surface area contributed by atoms with Crippen molar-refractivity contribution in [1.29, 1.82) is 0 Å². The minimum Gasteiger partial charge on any atom is -0.465 e. The average molecular weight is 323 g/mol. The predicted octanol–water partition coefficient (Wildman–Crippen LogP) is 1.43. The number of hydrogen-bond donors (Lipinski definition) is 1. The summed E-state index contributed by atoms with van der Waals surface area (Å²) >= 11 is 0. The molecule has 114 valence electrons. The van der Waals surface area contributed by atoms with E-state index >= 15 is 0 Å². The highest BCUT2D eigenvalue weighted by molar-refractivity contribution is 5.85. The summed E-state index contributed by atoms with van der Waals surface area (Å²) < 4.78 is 4.97. The molecule has 20 heavy (non-hydrogen) atoms. The lowest BCUT2D eigenvalue weighted by atomic mass is 10.3. The minimum absolute atomic E-state index is 0. The highest BCUT2D eigenvalue weighted by atomic mass is 35.5. The first kappa shape index (κ1) is 18.9. The number of hydrogen-bond acceptors (Lipinski definition) is 6. The van der Waals surface area contributed by atoms with Crippen LogP contribution in [0.15, 0.2) is 12.1 Å². The van der Waals surface area contributed by atoms with Crippen LogP contribution in [0.3, 0.4) is 0 Å². The molecule has 0 unspecified atom stereocenters. The number of aromatic nitrogens is 2. The van der Waals surface area contributed by atoms with Crippen molar-refractivity contribution < 1.29 is 9.53 Å². The van der Waals surface area contributed by atoms with Gasteiger partial charge in [0.2, 0.25) is 0 Å². The normalized spacial score (nSPS) is 13.3. The van der Waals surface area contributed by atoms with E-state index < -0.39 is 0 Å². The Morgan fingerprint density at radius 1 is 1.40 bits per heavy atom. The summed E-state index contributed by atoms with van der Waals surface area (Å²) in [7, 11) is 0. The largest absolute Gasteiger partial charge is 0.465 e. The van der Waals surface area contributed by atoms with Crippen molar-refractivity contribution in [2.45, 2.75) is 32.4 Å². The smallest absolute Gasteiger partial charge is 0.320 e. The van der Waals surface area contributed by atoms with E-state index in [2.05, 4.69) is 15.1 Å². The lowest BCUT2D eigenvalue weighted by Gasteiger charge is -2.19. The molecule has 0 atom stereocenters. The van der Waals surface area contributed by atoms with Gasteiger partial charge in [-0.25, -0.2) is 0 Å². The summed E-state index contributed by atoms with van der Waals surface area (Å²) in [6.45, 7) is 3.14. The minimum atomic E-state index is -0.187. The molecule has 0 saturated heterocycles. The summed E-state index contributed by atoms with van der Waals surface area (Å²) in [4.78, 5) is 13.6. The molecule has 1 saturated carbocycles. The Kier molecular flexibility index (Phi) is 8.45. The molecule has 0 bridgehead atoms. The fraction of sp³-hybridized carbons (Fsp3) is 0.583. The van der Waals surface area contributed by atoms with Crippen LogP contribution in [0.25, 0.3) is 0 Å². The number of nitrogen functional groups attached to an aromatic ring is 1. The number of esters is 1. The third kappa shape index (κ3) is 5.90. The molecule has 2 N–H and O–H groups in total. The molecule has 6 nitrogen and oxygen atoms in total. The number of carbonyl (C=O) groups excluding carboxylic acids is 1. The van der Waals surface area contributed by atoms with E-state index in [1.807, 2.05) is 13.0 Å². The number of halogens is 2. The van der Waals surface area contributed by atoms with Gasteiger partial charge in [-0.15, -0.1) is 29.9 Å². The van der Waals surface area contributed by atoms with Gasteiger partial charge >= 0.3 is 5.97 Å². The van der Waals surface area contributed by atoms with Crippen molar-refractivity contribution in [2.75, 3.05) is 18.9 Å². The monoisotopic (exact) mass is 322 g/mol. The van der Waals surface area contributed by atoms with Crippen LogP contribution in [0.4, 0.5) is 5.82 Å². The predicted molar refractivity (Wildman–Crippen MR) is 81.0 cm³/mol. The molecular formula is C12H20Cl2N4O2. The van der Waals surface area contributed by atoms with Gasteiger partial charge in [-0.3, -0.25) is 9.69 Å². The van der Waals surface area contributed by atoms with E-state index in [9.17, 15) is 4.79 Å². The van der Waals surface area contributed by atoms with E-state index in [0.717, 1.165) is 18.5 Å². The molecule has 1 aliphatic rings. The first-order valence-electron chi connectivity index (χ1n) is 6.16. The fourth-order valence-electron chi connectivity index (χ4n) is 1.79. The summed E-state index contributed by atoms with van der Waals surface area (Å²) in [5, 5.41) is 7.83. The van der Waals surface area contributed by atoms with Gasteiger partial charge in [0.05, 0.1) is 18.8 Å². The fourth-order valence-corrected chi connectivity index (χ4v) is 1.79. The summed E-state index contributed by atoms with van der Waals surface area (Å²) in [6.07, 6.45) is 2.25. The molecule has 0 aromatic carbocycles. The van der Waals surface area contributed by atoms with E-state index in [0.29, 0.717) is 31.6 Å². The number of carbonyl (C=O) groups is 1. The molecule has 1 fully saturated rings. The SMILES string of the molecule is CCOC(=O)CN(Cc1ccc(N)nn1)C1CC1.Cl.Cl. The Balaban J connectivity index is 0.00000180. The lowest BCUT2D eigenvalue weighted by Crippen LogP contribution is -2.32. The van der Waals surface area contributed by atoms with E-state index in [-0.39, 0.29) is 30.8 Å². The third-order valence-corrected chi connectivity index (χ3v) is 2.81. The molecule has 1 aromatic rings. The number of nitrogens with zero attached hydrogens (tertiary/aromatic N) is 3. The van der Waals surface area contributed by atoms with Crippen LogP contribution >= 0.6 is 24.8 Å². The Bertz CT molecular complexity index is 412. The second kappa shape index (κ2) is 8.94. The van der Waals surface area contributed by atoms with Crippen LogP contribution in [0, 0.1) is 0 Å². The lowest BCUT2D eigenvalue weighted by molar-refractivity contribution is -0.144. The first-order chi connectivity index (χ1) is 8.69. The standard InChI is InChI=1S/C12H18N4O2.2ClH/c1-2-18-12(17)8-16(10-4-5-10)7-9-3-6-11(13)15-14-9;;/h3,6,10H,2,4-5,7-8H2,1H3,(H2,13,15);2*1H. The first-order valence-corrected chi connectivity index (χ1v) is 6.16. The number of rotatable bonds is 6. The van der Waals surface area contributed by atoms with Gasteiger partial charge in [-0.1, -0.05) is 0 Å². The molecule has 2 rings (SSSR count). The highest BCUT2D eigenvalue weighted by Gasteiger charge is 2.30. The number of anilines is 1. The van der Waals surface area contributed by atoms with Crippen molar-refractivity contribution in [3.05, 3.63) is 17.8 Å². The quantitative estimate of drug-likeness (QED) is 0.798. The maximum atomic E-state index is 11.5. The zero-order valence-electron chi connectivity index (χ0n) is 11.3. The Labute approximate surface area is 130 Å². The van der Waals surface area contributed by atoms with Crippen LogP contribution in [0.2, 0.25) is 0 Å².